The van der Waals surface area contributed by atoms with Gasteiger partial charge in [-0.1, -0.05) is 38.0 Å². The molecular weight excluding hydrogens is 244 g/mol. The van der Waals surface area contributed by atoms with E-state index in [-0.39, 0.29) is 0 Å². The summed E-state index contributed by atoms with van der Waals surface area (Å²) >= 11 is 0. The van der Waals surface area contributed by atoms with E-state index < -0.39 is 0 Å². The summed E-state index contributed by atoms with van der Waals surface area (Å²) in [5.41, 5.74) is 3.00. The van der Waals surface area contributed by atoms with Crippen molar-refractivity contribution in [3.63, 3.8) is 0 Å². The first-order chi connectivity index (χ1) is 9.83. The van der Waals surface area contributed by atoms with Crippen molar-refractivity contribution in [3.8, 4) is 0 Å². The molecule has 0 radical (unpaired) electrons. The third-order valence-corrected chi connectivity index (χ3v) is 4.90. The fourth-order valence-corrected chi connectivity index (χ4v) is 3.85. The van der Waals surface area contributed by atoms with Gasteiger partial charge in [-0.3, -0.25) is 0 Å². The topological polar surface area (TPSA) is 15.3 Å². The Hall–Kier alpha value is -1.02. The maximum absolute atomic E-state index is 3.68. The lowest BCUT2D eigenvalue weighted by atomic mass is 9.94. The van der Waals surface area contributed by atoms with Crippen LogP contribution in [-0.2, 0) is 6.42 Å². The summed E-state index contributed by atoms with van der Waals surface area (Å²) < 4.78 is 0. The van der Waals surface area contributed by atoms with Crippen LogP contribution in [-0.4, -0.2) is 26.2 Å². The van der Waals surface area contributed by atoms with E-state index in [9.17, 15) is 0 Å². The molecule has 1 aromatic carbocycles. The van der Waals surface area contributed by atoms with E-state index in [1.807, 2.05) is 0 Å². The minimum Gasteiger partial charge on any atom is -0.370 e. The number of para-hydroxylation sites is 1. The lowest BCUT2D eigenvalue weighted by Crippen LogP contribution is -2.39. The average Bonchev–Trinajstić information content (AvgIpc) is 2.96. The standard InChI is InChI=1S/C18H28N2/c1-15-12-17-8-4-5-9-18(17)20(14-15)11-10-19-13-16-6-2-3-7-16/h4-5,8-9,15-16,19H,2-3,6-7,10-14H2,1H3. The van der Waals surface area contributed by atoms with Crippen molar-refractivity contribution >= 4 is 5.69 Å². The molecule has 0 saturated heterocycles. The highest BCUT2D eigenvalue weighted by molar-refractivity contribution is 5.55. The Bertz CT molecular complexity index is 423. The molecule has 0 amide bonds. The van der Waals surface area contributed by atoms with Crippen LogP contribution in [0.25, 0.3) is 0 Å². The highest BCUT2D eigenvalue weighted by atomic mass is 15.2. The predicted molar refractivity (Wildman–Crippen MR) is 86.4 cm³/mol. The maximum Gasteiger partial charge on any atom is 0.0399 e. The number of hydrogen-bond donors (Lipinski definition) is 1. The highest BCUT2D eigenvalue weighted by Gasteiger charge is 2.21. The Labute approximate surface area is 123 Å². The van der Waals surface area contributed by atoms with Crippen LogP contribution in [0.3, 0.4) is 0 Å². The van der Waals surface area contributed by atoms with Gasteiger partial charge in [0.05, 0.1) is 0 Å². The second-order valence-electron chi connectivity index (χ2n) is 6.74. The van der Waals surface area contributed by atoms with Crippen molar-refractivity contribution in [3.05, 3.63) is 29.8 Å². The van der Waals surface area contributed by atoms with Gasteiger partial charge in [0.1, 0.15) is 0 Å². The Morgan fingerprint density at radius 2 is 2.00 bits per heavy atom. The van der Waals surface area contributed by atoms with Crippen LogP contribution in [0, 0.1) is 11.8 Å². The van der Waals surface area contributed by atoms with Gasteiger partial charge in [0, 0.05) is 25.3 Å². The Kier molecular flexibility index (Phi) is 4.62. The molecule has 2 nitrogen and oxygen atoms in total. The molecule has 3 rings (SSSR count). The van der Waals surface area contributed by atoms with Gasteiger partial charge < -0.3 is 10.2 Å². The zero-order chi connectivity index (χ0) is 13.8. The molecule has 20 heavy (non-hydrogen) atoms. The second kappa shape index (κ2) is 6.62. The van der Waals surface area contributed by atoms with Crippen molar-refractivity contribution < 1.29 is 0 Å². The molecule has 0 aromatic heterocycles. The van der Waals surface area contributed by atoms with E-state index in [2.05, 4.69) is 41.4 Å². The van der Waals surface area contributed by atoms with Crippen molar-refractivity contribution in [1.29, 1.82) is 0 Å². The number of nitrogens with one attached hydrogen (secondary N) is 1. The summed E-state index contributed by atoms with van der Waals surface area (Å²) in [4.78, 5) is 2.57. The molecule has 0 bridgehead atoms. The smallest absolute Gasteiger partial charge is 0.0399 e. The minimum absolute atomic E-state index is 0.778. The number of anilines is 1. The summed E-state index contributed by atoms with van der Waals surface area (Å²) in [7, 11) is 0. The monoisotopic (exact) mass is 272 g/mol. The molecule has 1 saturated carbocycles. The molecule has 1 heterocycles. The second-order valence-corrected chi connectivity index (χ2v) is 6.74. The average molecular weight is 272 g/mol. The quantitative estimate of drug-likeness (QED) is 0.826. The summed E-state index contributed by atoms with van der Waals surface area (Å²) in [5, 5.41) is 3.68. The highest BCUT2D eigenvalue weighted by Crippen LogP contribution is 2.29. The van der Waals surface area contributed by atoms with Gasteiger partial charge in [-0.2, -0.15) is 0 Å². The van der Waals surface area contributed by atoms with Gasteiger partial charge in [-0.05, 0) is 49.3 Å². The van der Waals surface area contributed by atoms with E-state index in [0.717, 1.165) is 24.9 Å². The molecule has 1 fully saturated rings. The molecule has 1 aromatic rings. The SMILES string of the molecule is CC1Cc2ccccc2N(CCNCC2CCCC2)C1. The zero-order valence-corrected chi connectivity index (χ0v) is 12.8. The van der Waals surface area contributed by atoms with Gasteiger partial charge >= 0.3 is 0 Å². The zero-order valence-electron chi connectivity index (χ0n) is 12.8. The van der Waals surface area contributed by atoms with Gasteiger partial charge in [0.2, 0.25) is 0 Å². The van der Waals surface area contributed by atoms with E-state index in [1.54, 1.807) is 0 Å². The Morgan fingerprint density at radius 3 is 2.85 bits per heavy atom. The molecule has 2 aliphatic rings. The summed E-state index contributed by atoms with van der Waals surface area (Å²) in [6, 6.07) is 8.93. The number of hydrogen-bond acceptors (Lipinski definition) is 2. The van der Waals surface area contributed by atoms with Crippen molar-refractivity contribution in [2.45, 2.75) is 39.0 Å². The van der Waals surface area contributed by atoms with Gasteiger partial charge in [0.15, 0.2) is 0 Å². The normalized spacial score (nSPS) is 23.1. The fourth-order valence-electron chi connectivity index (χ4n) is 3.85. The number of fused-ring (bicyclic) bond motifs is 1. The van der Waals surface area contributed by atoms with Crippen LogP contribution >= 0.6 is 0 Å². The van der Waals surface area contributed by atoms with Gasteiger partial charge in [-0.25, -0.2) is 0 Å². The predicted octanol–water partition coefficient (Wildman–Crippen LogP) is 3.47. The lowest BCUT2D eigenvalue weighted by molar-refractivity contribution is 0.478. The summed E-state index contributed by atoms with van der Waals surface area (Å²) in [6.07, 6.45) is 7.02. The van der Waals surface area contributed by atoms with E-state index >= 15 is 0 Å². The minimum atomic E-state index is 0.778. The largest absolute Gasteiger partial charge is 0.370 e. The third kappa shape index (κ3) is 3.35. The third-order valence-electron chi connectivity index (χ3n) is 4.90. The molecular formula is C18H28N2. The van der Waals surface area contributed by atoms with E-state index in [0.29, 0.717) is 0 Å². The number of nitrogens with zero attached hydrogens (tertiary/aromatic N) is 1. The Morgan fingerprint density at radius 1 is 1.20 bits per heavy atom. The molecule has 1 aliphatic carbocycles. The van der Waals surface area contributed by atoms with Crippen molar-refractivity contribution in [2.24, 2.45) is 11.8 Å². The fraction of sp³-hybridized carbons (Fsp3) is 0.667. The van der Waals surface area contributed by atoms with Crippen LogP contribution in [0.1, 0.15) is 38.2 Å². The van der Waals surface area contributed by atoms with Crippen LogP contribution in [0.5, 0.6) is 0 Å². The molecule has 1 unspecified atom stereocenters. The first-order valence-corrected chi connectivity index (χ1v) is 8.36. The van der Waals surface area contributed by atoms with Crippen LogP contribution in [0.4, 0.5) is 5.69 Å². The van der Waals surface area contributed by atoms with Crippen molar-refractivity contribution in [2.75, 3.05) is 31.1 Å². The first kappa shape index (κ1) is 13.9. The van der Waals surface area contributed by atoms with Gasteiger partial charge in [0.25, 0.3) is 0 Å². The van der Waals surface area contributed by atoms with Crippen LogP contribution < -0.4 is 10.2 Å². The van der Waals surface area contributed by atoms with E-state index in [4.69, 9.17) is 0 Å². The maximum atomic E-state index is 3.68. The lowest BCUT2D eigenvalue weighted by Gasteiger charge is -2.35. The molecule has 1 N–H and O–H groups in total. The van der Waals surface area contributed by atoms with Crippen LogP contribution in [0.15, 0.2) is 24.3 Å². The number of benzene rings is 1. The van der Waals surface area contributed by atoms with E-state index in [1.165, 1.54) is 56.4 Å². The molecule has 1 aliphatic heterocycles. The molecule has 1 atom stereocenters. The first-order valence-electron chi connectivity index (χ1n) is 8.36. The Balaban J connectivity index is 1.49. The molecule has 2 heteroatoms. The summed E-state index contributed by atoms with van der Waals surface area (Å²) in [6.45, 7) is 7.08. The molecule has 0 spiro atoms. The molecule has 110 valence electrons. The van der Waals surface area contributed by atoms with Gasteiger partial charge in [-0.15, -0.1) is 0 Å². The van der Waals surface area contributed by atoms with Crippen LogP contribution in [0.2, 0.25) is 0 Å². The summed E-state index contributed by atoms with van der Waals surface area (Å²) in [5.74, 6) is 1.72. The number of rotatable bonds is 5. The van der Waals surface area contributed by atoms with Crippen molar-refractivity contribution in [1.82, 2.24) is 5.32 Å².